The van der Waals surface area contributed by atoms with E-state index in [1.807, 2.05) is 32.0 Å². The van der Waals surface area contributed by atoms with Crippen molar-refractivity contribution in [3.05, 3.63) is 29.3 Å². The summed E-state index contributed by atoms with van der Waals surface area (Å²) < 4.78 is 5.63. The molecule has 0 radical (unpaired) electrons. The summed E-state index contributed by atoms with van der Waals surface area (Å²) in [4.78, 5) is 11.1. The van der Waals surface area contributed by atoms with Crippen LogP contribution >= 0.6 is 0 Å². The number of benzene rings is 1. The largest absolute Gasteiger partial charge is 0.479 e. The average molecular weight is 279 g/mol. The molecular weight excluding hydrogens is 254 g/mol. The van der Waals surface area contributed by atoms with Gasteiger partial charge in [0.2, 0.25) is 0 Å². The Morgan fingerprint density at radius 3 is 2.65 bits per heavy atom. The molecule has 0 bridgehead atoms. The summed E-state index contributed by atoms with van der Waals surface area (Å²) in [5, 5.41) is 12.5. The Labute approximate surface area is 121 Å². The van der Waals surface area contributed by atoms with Gasteiger partial charge in [0, 0.05) is 12.1 Å². The van der Waals surface area contributed by atoms with Crippen LogP contribution in [0.15, 0.2) is 18.2 Å². The highest BCUT2D eigenvalue weighted by Crippen LogP contribution is 2.22. The minimum absolute atomic E-state index is 0.447. The van der Waals surface area contributed by atoms with Crippen molar-refractivity contribution in [1.82, 2.24) is 5.32 Å². The summed E-state index contributed by atoms with van der Waals surface area (Å²) >= 11 is 0. The zero-order chi connectivity index (χ0) is 15.1. The molecule has 0 amide bonds. The molecular formula is C16H25NO3. The summed E-state index contributed by atoms with van der Waals surface area (Å²) in [5.41, 5.74) is 2.15. The van der Waals surface area contributed by atoms with Crippen LogP contribution in [-0.4, -0.2) is 23.7 Å². The number of hydrogen-bond acceptors (Lipinski definition) is 3. The zero-order valence-corrected chi connectivity index (χ0v) is 12.8. The predicted octanol–water partition coefficient (Wildman–Crippen LogP) is 2.98. The van der Waals surface area contributed by atoms with E-state index in [-0.39, 0.29) is 0 Å². The summed E-state index contributed by atoms with van der Waals surface area (Å²) in [7, 11) is 0. The van der Waals surface area contributed by atoms with Crippen molar-refractivity contribution >= 4 is 5.97 Å². The van der Waals surface area contributed by atoms with E-state index in [9.17, 15) is 4.79 Å². The third-order valence-corrected chi connectivity index (χ3v) is 3.00. The molecule has 0 aliphatic rings. The molecule has 0 aliphatic heterocycles. The van der Waals surface area contributed by atoms with Gasteiger partial charge in [0.1, 0.15) is 5.75 Å². The number of hydrogen-bond donors (Lipinski definition) is 2. The molecule has 0 saturated heterocycles. The van der Waals surface area contributed by atoms with Crippen molar-refractivity contribution in [3.8, 4) is 5.75 Å². The van der Waals surface area contributed by atoms with Crippen LogP contribution in [0.1, 0.15) is 38.3 Å². The molecule has 112 valence electrons. The maximum atomic E-state index is 11.1. The molecule has 4 heteroatoms. The lowest BCUT2D eigenvalue weighted by Gasteiger charge is -2.17. The third-order valence-electron chi connectivity index (χ3n) is 3.00. The van der Waals surface area contributed by atoms with Crippen LogP contribution in [0, 0.1) is 12.8 Å². The molecule has 1 aromatic rings. The first-order valence-electron chi connectivity index (χ1n) is 7.13. The van der Waals surface area contributed by atoms with E-state index in [1.54, 1.807) is 0 Å². The molecule has 0 aliphatic carbocycles. The molecule has 0 spiro atoms. The summed E-state index contributed by atoms with van der Waals surface area (Å²) in [5.74, 6) is 0.307. The molecule has 0 fully saturated rings. The predicted molar refractivity (Wildman–Crippen MR) is 80.1 cm³/mol. The van der Waals surface area contributed by atoms with Crippen LogP contribution in [0.25, 0.3) is 0 Å². The number of aliphatic carboxylic acids is 1. The van der Waals surface area contributed by atoms with Crippen molar-refractivity contribution in [2.75, 3.05) is 6.54 Å². The Morgan fingerprint density at radius 2 is 2.10 bits per heavy atom. The van der Waals surface area contributed by atoms with E-state index in [4.69, 9.17) is 9.84 Å². The van der Waals surface area contributed by atoms with Crippen molar-refractivity contribution < 1.29 is 14.6 Å². The fourth-order valence-electron chi connectivity index (χ4n) is 1.92. The second-order valence-electron chi connectivity index (χ2n) is 5.49. The van der Waals surface area contributed by atoms with Crippen LogP contribution < -0.4 is 10.1 Å². The topological polar surface area (TPSA) is 58.6 Å². The molecule has 1 rings (SSSR count). The van der Waals surface area contributed by atoms with Gasteiger partial charge >= 0.3 is 5.97 Å². The van der Waals surface area contributed by atoms with Crippen LogP contribution in [0.2, 0.25) is 0 Å². The second-order valence-corrected chi connectivity index (χ2v) is 5.49. The third kappa shape index (κ3) is 5.21. The van der Waals surface area contributed by atoms with Crippen molar-refractivity contribution in [2.45, 2.75) is 46.8 Å². The van der Waals surface area contributed by atoms with E-state index in [2.05, 4.69) is 19.2 Å². The fraction of sp³-hybridized carbons (Fsp3) is 0.562. The molecule has 1 aromatic carbocycles. The van der Waals surface area contributed by atoms with Crippen LogP contribution in [0.4, 0.5) is 0 Å². The summed E-state index contributed by atoms with van der Waals surface area (Å²) in [6.45, 7) is 9.74. The van der Waals surface area contributed by atoms with E-state index in [0.29, 0.717) is 24.6 Å². The Balaban J connectivity index is 2.81. The summed E-state index contributed by atoms with van der Waals surface area (Å²) in [6.07, 6.45) is -0.344. The van der Waals surface area contributed by atoms with E-state index in [0.717, 1.165) is 17.7 Å². The first-order valence-corrected chi connectivity index (χ1v) is 7.13. The average Bonchev–Trinajstić information content (AvgIpc) is 2.37. The first-order chi connectivity index (χ1) is 9.43. The quantitative estimate of drug-likeness (QED) is 0.768. The van der Waals surface area contributed by atoms with Crippen molar-refractivity contribution in [1.29, 1.82) is 0 Å². The maximum Gasteiger partial charge on any atom is 0.344 e. The molecule has 1 atom stereocenters. The van der Waals surface area contributed by atoms with Gasteiger partial charge in [-0.3, -0.25) is 0 Å². The summed E-state index contributed by atoms with van der Waals surface area (Å²) in [6, 6.07) is 5.83. The van der Waals surface area contributed by atoms with Gasteiger partial charge in [-0.05, 0) is 31.9 Å². The zero-order valence-electron chi connectivity index (χ0n) is 12.8. The molecule has 2 N–H and O–H groups in total. The number of ether oxygens (including phenoxy) is 1. The highest BCUT2D eigenvalue weighted by atomic mass is 16.5. The lowest BCUT2D eigenvalue weighted by molar-refractivity contribution is -0.145. The van der Waals surface area contributed by atoms with E-state index in [1.165, 1.54) is 0 Å². The monoisotopic (exact) mass is 279 g/mol. The minimum atomic E-state index is -0.922. The lowest BCUT2D eigenvalue weighted by atomic mass is 10.1. The fourth-order valence-corrected chi connectivity index (χ4v) is 1.92. The van der Waals surface area contributed by atoms with Gasteiger partial charge in [-0.25, -0.2) is 4.79 Å². The van der Waals surface area contributed by atoms with E-state index >= 15 is 0 Å². The minimum Gasteiger partial charge on any atom is -0.479 e. The Kier molecular flexibility index (Phi) is 6.52. The van der Waals surface area contributed by atoms with Crippen molar-refractivity contribution in [3.63, 3.8) is 0 Å². The van der Waals surface area contributed by atoms with Crippen LogP contribution in [0.5, 0.6) is 5.75 Å². The van der Waals surface area contributed by atoms with Gasteiger partial charge in [-0.1, -0.05) is 38.5 Å². The standard InChI is InChI=1S/C16H25NO3/c1-5-14(16(18)19)20-15-7-6-12(4)8-13(15)10-17-9-11(2)3/h6-8,11,14,17H,5,9-10H2,1-4H3,(H,18,19). The van der Waals surface area contributed by atoms with E-state index < -0.39 is 12.1 Å². The molecule has 0 heterocycles. The van der Waals surface area contributed by atoms with Gasteiger partial charge in [-0.2, -0.15) is 0 Å². The normalized spacial score (nSPS) is 12.4. The van der Waals surface area contributed by atoms with Gasteiger partial charge < -0.3 is 15.2 Å². The van der Waals surface area contributed by atoms with Crippen LogP contribution in [-0.2, 0) is 11.3 Å². The second kappa shape index (κ2) is 7.90. The molecule has 20 heavy (non-hydrogen) atoms. The van der Waals surface area contributed by atoms with Crippen LogP contribution in [0.3, 0.4) is 0 Å². The SMILES string of the molecule is CCC(Oc1ccc(C)cc1CNCC(C)C)C(=O)O. The molecule has 4 nitrogen and oxygen atoms in total. The lowest BCUT2D eigenvalue weighted by Crippen LogP contribution is -2.27. The molecule has 0 aromatic heterocycles. The number of carbonyl (C=O) groups is 1. The number of carboxylic acids is 1. The van der Waals surface area contributed by atoms with Crippen molar-refractivity contribution in [2.24, 2.45) is 5.92 Å². The molecule has 0 saturated carbocycles. The smallest absolute Gasteiger partial charge is 0.344 e. The number of aryl methyl sites for hydroxylation is 1. The van der Waals surface area contributed by atoms with Gasteiger partial charge in [0.25, 0.3) is 0 Å². The highest BCUT2D eigenvalue weighted by Gasteiger charge is 2.18. The van der Waals surface area contributed by atoms with Gasteiger partial charge in [-0.15, -0.1) is 0 Å². The maximum absolute atomic E-state index is 11.1. The molecule has 1 unspecified atom stereocenters. The Hall–Kier alpha value is -1.55. The number of rotatable bonds is 8. The van der Waals surface area contributed by atoms with Gasteiger partial charge in [0.15, 0.2) is 6.10 Å². The Morgan fingerprint density at radius 1 is 1.40 bits per heavy atom. The van der Waals surface area contributed by atoms with Gasteiger partial charge in [0.05, 0.1) is 0 Å². The number of nitrogens with one attached hydrogen (secondary N) is 1. The number of carboxylic acid groups (broad SMARTS) is 1. The Bertz CT molecular complexity index is 443. The highest BCUT2D eigenvalue weighted by molar-refractivity contribution is 5.72. The first kappa shape index (κ1) is 16.5.